The van der Waals surface area contributed by atoms with E-state index >= 15 is 0 Å². The molecular weight excluding hydrogens is 320 g/mol. The Balaban J connectivity index is 1.83. The SMILES string of the molecule is Cc1nc2cc(NC(=O)[C@@](C)(CC(=O)O)C3CCCCC3)ccc2o1. The predicted octanol–water partition coefficient (Wildman–Crippen LogP) is 4.14. The average Bonchev–Trinajstić information content (AvgIpc) is 2.94. The number of amides is 1. The fourth-order valence-electron chi connectivity index (χ4n) is 3.86. The topological polar surface area (TPSA) is 92.4 Å². The first-order valence-corrected chi connectivity index (χ1v) is 8.79. The Morgan fingerprint density at radius 2 is 2.04 bits per heavy atom. The van der Waals surface area contributed by atoms with Crippen molar-refractivity contribution < 1.29 is 19.1 Å². The third-order valence-corrected chi connectivity index (χ3v) is 5.30. The second-order valence-electron chi connectivity index (χ2n) is 7.19. The molecule has 0 saturated heterocycles. The summed E-state index contributed by atoms with van der Waals surface area (Å²) in [6.07, 6.45) is 4.91. The van der Waals surface area contributed by atoms with Crippen LogP contribution in [-0.4, -0.2) is 22.0 Å². The summed E-state index contributed by atoms with van der Waals surface area (Å²) < 4.78 is 5.44. The van der Waals surface area contributed by atoms with Gasteiger partial charge in [0.1, 0.15) is 5.52 Å². The van der Waals surface area contributed by atoms with Crippen LogP contribution in [0.15, 0.2) is 22.6 Å². The quantitative estimate of drug-likeness (QED) is 0.850. The molecule has 0 radical (unpaired) electrons. The number of hydrogen-bond acceptors (Lipinski definition) is 4. The van der Waals surface area contributed by atoms with Crippen molar-refractivity contribution in [1.82, 2.24) is 4.98 Å². The number of hydrogen-bond donors (Lipinski definition) is 2. The first kappa shape index (κ1) is 17.5. The zero-order valence-corrected chi connectivity index (χ0v) is 14.7. The molecule has 0 aliphatic heterocycles. The minimum Gasteiger partial charge on any atom is -0.481 e. The normalized spacial score (nSPS) is 18.0. The van der Waals surface area contributed by atoms with Gasteiger partial charge in [-0.3, -0.25) is 9.59 Å². The monoisotopic (exact) mass is 344 g/mol. The predicted molar refractivity (Wildman–Crippen MR) is 94.3 cm³/mol. The molecule has 25 heavy (non-hydrogen) atoms. The lowest BCUT2D eigenvalue weighted by molar-refractivity contribution is -0.145. The molecule has 134 valence electrons. The van der Waals surface area contributed by atoms with Crippen LogP contribution in [0.2, 0.25) is 0 Å². The zero-order valence-electron chi connectivity index (χ0n) is 14.7. The van der Waals surface area contributed by atoms with E-state index in [1.54, 1.807) is 32.0 Å². The van der Waals surface area contributed by atoms with Crippen molar-refractivity contribution in [1.29, 1.82) is 0 Å². The van der Waals surface area contributed by atoms with E-state index in [0.717, 1.165) is 32.1 Å². The zero-order chi connectivity index (χ0) is 18.0. The van der Waals surface area contributed by atoms with Gasteiger partial charge >= 0.3 is 5.97 Å². The number of anilines is 1. The first-order valence-electron chi connectivity index (χ1n) is 8.79. The Morgan fingerprint density at radius 1 is 1.32 bits per heavy atom. The second kappa shape index (κ2) is 6.86. The molecule has 1 heterocycles. The molecule has 1 aromatic carbocycles. The molecule has 1 saturated carbocycles. The number of rotatable bonds is 5. The van der Waals surface area contributed by atoms with E-state index in [1.165, 1.54) is 0 Å². The molecular formula is C19H24N2O4. The van der Waals surface area contributed by atoms with Gasteiger partial charge < -0.3 is 14.8 Å². The fourth-order valence-corrected chi connectivity index (χ4v) is 3.86. The lowest BCUT2D eigenvalue weighted by Crippen LogP contribution is -2.42. The maximum absolute atomic E-state index is 13.0. The summed E-state index contributed by atoms with van der Waals surface area (Å²) in [7, 11) is 0. The van der Waals surface area contributed by atoms with E-state index in [4.69, 9.17) is 4.42 Å². The third kappa shape index (κ3) is 3.67. The van der Waals surface area contributed by atoms with Crippen molar-refractivity contribution in [3.8, 4) is 0 Å². The number of aromatic nitrogens is 1. The lowest BCUT2D eigenvalue weighted by atomic mass is 9.67. The fraction of sp³-hybridized carbons (Fsp3) is 0.526. The van der Waals surface area contributed by atoms with Crippen LogP contribution in [-0.2, 0) is 9.59 Å². The van der Waals surface area contributed by atoms with Crippen LogP contribution in [0.25, 0.3) is 11.1 Å². The van der Waals surface area contributed by atoms with Crippen LogP contribution >= 0.6 is 0 Å². The molecule has 6 heteroatoms. The molecule has 2 N–H and O–H groups in total. The number of oxazole rings is 1. The highest BCUT2D eigenvalue weighted by Gasteiger charge is 2.43. The van der Waals surface area contributed by atoms with Gasteiger partial charge in [0.05, 0.1) is 11.8 Å². The molecule has 2 aromatic rings. The number of aliphatic carboxylic acids is 1. The summed E-state index contributed by atoms with van der Waals surface area (Å²) >= 11 is 0. The number of carboxylic acids is 1. The molecule has 3 rings (SSSR count). The molecule has 1 aromatic heterocycles. The van der Waals surface area contributed by atoms with E-state index < -0.39 is 11.4 Å². The standard InChI is InChI=1S/C19H24N2O4/c1-12-20-15-10-14(8-9-16(15)25-12)21-18(24)19(2,11-17(22)23)13-6-4-3-5-7-13/h8-10,13H,3-7,11H2,1-2H3,(H,21,24)(H,22,23)/t19-/m0/s1. The number of nitrogens with one attached hydrogen (secondary N) is 1. The maximum atomic E-state index is 13.0. The summed E-state index contributed by atoms with van der Waals surface area (Å²) in [6, 6.07) is 5.28. The van der Waals surface area contributed by atoms with E-state index in [-0.39, 0.29) is 18.2 Å². The number of fused-ring (bicyclic) bond motifs is 1. The molecule has 0 spiro atoms. The smallest absolute Gasteiger partial charge is 0.304 e. The van der Waals surface area contributed by atoms with Gasteiger partial charge in [-0.1, -0.05) is 19.3 Å². The summed E-state index contributed by atoms with van der Waals surface area (Å²) in [6.45, 7) is 3.55. The van der Waals surface area contributed by atoms with E-state index in [1.807, 2.05) is 0 Å². The van der Waals surface area contributed by atoms with Crippen molar-refractivity contribution in [2.75, 3.05) is 5.32 Å². The maximum Gasteiger partial charge on any atom is 0.304 e. The summed E-state index contributed by atoms with van der Waals surface area (Å²) in [4.78, 5) is 28.7. The molecule has 1 aliphatic carbocycles. The van der Waals surface area contributed by atoms with Gasteiger partial charge in [-0.15, -0.1) is 0 Å². The third-order valence-electron chi connectivity index (χ3n) is 5.30. The largest absolute Gasteiger partial charge is 0.481 e. The van der Waals surface area contributed by atoms with Gasteiger partial charge in [0, 0.05) is 12.6 Å². The molecule has 1 atom stereocenters. The van der Waals surface area contributed by atoms with Crippen LogP contribution < -0.4 is 5.32 Å². The number of carbonyl (C=O) groups is 2. The summed E-state index contributed by atoms with van der Waals surface area (Å²) in [5.74, 6) is -0.515. The molecule has 1 amide bonds. The average molecular weight is 344 g/mol. The highest BCUT2D eigenvalue weighted by molar-refractivity contribution is 5.98. The summed E-state index contributed by atoms with van der Waals surface area (Å²) in [5, 5.41) is 12.2. The van der Waals surface area contributed by atoms with E-state index in [2.05, 4.69) is 10.3 Å². The number of carbonyl (C=O) groups excluding carboxylic acids is 1. The van der Waals surface area contributed by atoms with Crippen LogP contribution in [0.5, 0.6) is 0 Å². The van der Waals surface area contributed by atoms with Crippen LogP contribution in [0.3, 0.4) is 0 Å². The summed E-state index contributed by atoms with van der Waals surface area (Å²) in [5.41, 5.74) is 1.03. The van der Waals surface area contributed by atoms with Gasteiger partial charge in [0.2, 0.25) is 5.91 Å². The van der Waals surface area contributed by atoms with Crippen molar-refractivity contribution >= 4 is 28.7 Å². The van der Waals surface area contributed by atoms with Gasteiger partial charge in [0.15, 0.2) is 11.5 Å². The number of carboxylic acid groups (broad SMARTS) is 1. The van der Waals surface area contributed by atoms with Crippen molar-refractivity contribution in [2.24, 2.45) is 11.3 Å². The van der Waals surface area contributed by atoms with Crippen molar-refractivity contribution in [3.63, 3.8) is 0 Å². The number of nitrogens with zero attached hydrogens (tertiary/aromatic N) is 1. The van der Waals surface area contributed by atoms with Gasteiger partial charge in [-0.25, -0.2) is 4.98 Å². The van der Waals surface area contributed by atoms with E-state index in [0.29, 0.717) is 22.7 Å². The molecule has 6 nitrogen and oxygen atoms in total. The number of benzene rings is 1. The highest BCUT2D eigenvalue weighted by Crippen LogP contribution is 2.42. The Bertz CT molecular complexity index is 792. The van der Waals surface area contributed by atoms with Crippen molar-refractivity contribution in [2.45, 2.75) is 52.4 Å². The minimum atomic E-state index is -0.939. The van der Waals surface area contributed by atoms with Gasteiger partial charge in [0.25, 0.3) is 0 Å². The first-order chi connectivity index (χ1) is 11.9. The second-order valence-corrected chi connectivity index (χ2v) is 7.19. The molecule has 0 unspecified atom stereocenters. The Kier molecular flexibility index (Phi) is 4.79. The lowest BCUT2D eigenvalue weighted by Gasteiger charge is -2.37. The van der Waals surface area contributed by atoms with Crippen LogP contribution in [0, 0.1) is 18.3 Å². The van der Waals surface area contributed by atoms with E-state index in [9.17, 15) is 14.7 Å². The van der Waals surface area contributed by atoms with Crippen LogP contribution in [0.1, 0.15) is 51.3 Å². The van der Waals surface area contributed by atoms with Crippen molar-refractivity contribution in [3.05, 3.63) is 24.1 Å². The molecule has 0 bridgehead atoms. The highest BCUT2D eigenvalue weighted by atomic mass is 16.4. The van der Waals surface area contributed by atoms with Gasteiger partial charge in [-0.05, 0) is 43.9 Å². The van der Waals surface area contributed by atoms with Crippen LogP contribution in [0.4, 0.5) is 5.69 Å². The Hall–Kier alpha value is -2.37. The minimum absolute atomic E-state index is 0.0929. The van der Waals surface area contributed by atoms with Gasteiger partial charge in [-0.2, -0.15) is 0 Å². The molecule has 1 aliphatic rings. The Morgan fingerprint density at radius 3 is 2.72 bits per heavy atom. The molecule has 1 fully saturated rings. The number of aryl methyl sites for hydroxylation is 1. The Labute approximate surface area is 146 Å².